The molecule has 3 nitrogen and oxygen atoms in total. The largest absolute Gasteiger partial charge is 0.255 e. The van der Waals surface area contributed by atoms with Gasteiger partial charge in [0.25, 0.3) is 0 Å². The van der Waals surface area contributed by atoms with Crippen LogP contribution in [0.15, 0.2) is 76.7 Å². The van der Waals surface area contributed by atoms with Gasteiger partial charge in [0.1, 0.15) is 11.6 Å². The van der Waals surface area contributed by atoms with Gasteiger partial charge in [0.2, 0.25) is 9.84 Å². The zero-order valence-electron chi connectivity index (χ0n) is 14.5. The molecule has 1 heterocycles. The van der Waals surface area contributed by atoms with Crippen LogP contribution < -0.4 is 0 Å². The second-order valence-corrected chi connectivity index (χ2v) is 8.17. The SMILES string of the molecule is O=S(=O)(c1ccc(F)c(F)c1)c1cnc2ccc(F)cc2c1-c1cccc(F)c1. The third kappa shape index (κ3) is 3.36. The first-order valence-electron chi connectivity index (χ1n) is 8.32. The van der Waals surface area contributed by atoms with E-state index in [0.717, 1.165) is 30.5 Å². The molecule has 0 aliphatic heterocycles. The van der Waals surface area contributed by atoms with Gasteiger partial charge in [-0.1, -0.05) is 12.1 Å². The molecule has 0 aliphatic carbocycles. The molecule has 4 aromatic rings. The molecule has 0 saturated heterocycles. The Hall–Kier alpha value is -3.26. The highest BCUT2D eigenvalue weighted by atomic mass is 32.2. The first-order chi connectivity index (χ1) is 13.8. The van der Waals surface area contributed by atoms with Crippen molar-refractivity contribution in [1.29, 1.82) is 0 Å². The molecule has 8 heteroatoms. The summed E-state index contributed by atoms with van der Waals surface area (Å²) in [4.78, 5) is 3.17. The summed E-state index contributed by atoms with van der Waals surface area (Å²) in [6, 6.07) is 10.9. The van der Waals surface area contributed by atoms with Crippen molar-refractivity contribution in [2.45, 2.75) is 9.79 Å². The summed E-state index contributed by atoms with van der Waals surface area (Å²) in [7, 11) is -4.39. The first-order valence-corrected chi connectivity index (χ1v) is 9.80. The lowest BCUT2D eigenvalue weighted by molar-refractivity contribution is 0.504. The lowest BCUT2D eigenvalue weighted by Gasteiger charge is -2.14. The molecule has 146 valence electrons. The summed E-state index contributed by atoms with van der Waals surface area (Å²) >= 11 is 0. The van der Waals surface area contributed by atoms with E-state index in [1.54, 1.807) is 0 Å². The molecule has 0 atom stereocenters. The number of halogens is 4. The Bertz CT molecular complexity index is 1370. The van der Waals surface area contributed by atoms with Gasteiger partial charge in [0, 0.05) is 17.1 Å². The summed E-state index contributed by atoms with van der Waals surface area (Å²) < 4.78 is 81.1. The molecule has 4 rings (SSSR count). The number of hydrogen-bond acceptors (Lipinski definition) is 3. The van der Waals surface area contributed by atoms with Crippen LogP contribution in [0.5, 0.6) is 0 Å². The number of hydrogen-bond donors (Lipinski definition) is 0. The molecule has 0 bridgehead atoms. The van der Waals surface area contributed by atoms with E-state index in [9.17, 15) is 26.0 Å². The Kier molecular flexibility index (Phi) is 4.58. The topological polar surface area (TPSA) is 47.0 Å². The van der Waals surface area contributed by atoms with Crippen molar-refractivity contribution >= 4 is 20.7 Å². The van der Waals surface area contributed by atoms with Crippen LogP contribution in [0.3, 0.4) is 0 Å². The monoisotopic (exact) mass is 417 g/mol. The van der Waals surface area contributed by atoms with Crippen LogP contribution in [0.25, 0.3) is 22.0 Å². The molecule has 0 aliphatic rings. The minimum atomic E-state index is -4.39. The first kappa shape index (κ1) is 19.1. The van der Waals surface area contributed by atoms with Crippen LogP contribution in [-0.2, 0) is 9.84 Å². The van der Waals surface area contributed by atoms with Gasteiger partial charge in [-0.2, -0.15) is 0 Å². The molecule has 0 spiro atoms. The number of benzene rings is 3. The van der Waals surface area contributed by atoms with Crippen molar-refractivity contribution in [2.75, 3.05) is 0 Å². The van der Waals surface area contributed by atoms with Crippen molar-refractivity contribution in [1.82, 2.24) is 4.98 Å². The van der Waals surface area contributed by atoms with Crippen molar-refractivity contribution < 1.29 is 26.0 Å². The number of rotatable bonds is 3. The molecule has 0 amide bonds. The van der Waals surface area contributed by atoms with Crippen molar-refractivity contribution in [3.05, 3.63) is 90.1 Å². The van der Waals surface area contributed by atoms with Crippen LogP contribution in [0.4, 0.5) is 17.6 Å². The van der Waals surface area contributed by atoms with E-state index < -0.39 is 38.0 Å². The Morgan fingerprint density at radius 2 is 1.52 bits per heavy atom. The molecule has 1 aromatic heterocycles. The van der Waals surface area contributed by atoms with Crippen LogP contribution in [-0.4, -0.2) is 13.4 Å². The van der Waals surface area contributed by atoms with Gasteiger partial charge < -0.3 is 0 Å². The van der Waals surface area contributed by atoms with E-state index in [2.05, 4.69) is 4.98 Å². The zero-order valence-corrected chi connectivity index (χ0v) is 15.4. The minimum Gasteiger partial charge on any atom is -0.255 e. The van der Waals surface area contributed by atoms with Crippen molar-refractivity contribution in [3.8, 4) is 11.1 Å². The molecule has 3 aromatic carbocycles. The Labute approximate surface area is 163 Å². The van der Waals surface area contributed by atoms with Crippen LogP contribution in [0, 0.1) is 23.3 Å². The van der Waals surface area contributed by atoms with E-state index in [0.29, 0.717) is 12.1 Å². The van der Waals surface area contributed by atoms with Crippen molar-refractivity contribution in [3.63, 3.8) is 0 Å². The molecule has 29 heavy (non-hydrogen) atoms. The van der Waals surface area contributed by atoms with E-state index in [1.807, 2.05) is 0 Å². The standard InChI is InChI=1S/C21H11F4NO2S/c22-13-3-1-2-12(8-13)21-16-9-14(23)4-7-19(16)26-11-20(21)29(27,28)15-5-6-17(24)18(25)10-15/h1-11H. The highest BCUT2D eigenvalue weighted by Gasteiger charge is 2.26. The normalized spacial score (nSPS) is 11.7. The molecular weight excluding hydrogens is 406 g/mol. The summed E-state index contributed by atoms with van der Waals surface area (Å²) in [6.45, 7) is 0. The average molecular weight is 417 g/mol. The highest BCUT2D eigenvalue weighted by Crippen LogP contribution is 2.37. The maximum atomic E-state index is 13.9. The summed E-state index contributed by atoms with van der Waals surface area (Å²) in [6.07, 6.45) is 1.04. The fraction of sp³-hybridized carbons (Fsp3) is 0. The minimum absolute atomic E-state index is 0.0127. The van der Waals surface area contributed by atoms with Gasteiger partial charge in [-0.15, -0.1) is 0 Å². The quantitative estimate of drug-likeness (QED) is 0.336. The second-order valence-electron chi connectivity index (χ2n) is 6.25. The third-order valence-electron chi connectivity index (χ3n) is 4.40. The maximum Gasteiger partial charge on any atom is 0.208 e. The molecule has 0 unspecified atom stereocenters. The maximum absolute atomic E-state index is 13.9. The molecular formula is C21H11F4NO2S. The van der Waals surface area contributed by atoms with Crippen molar-refractivity contribution in [2.24, 2.45) is 0 Å². The molecule has 0 N–H and O–H groups in total. The van der Waals surface area contributed by atoms with Gasteiger partial charge in [-0.25, -0.2) is 26.0 Å². The van der Waals surface area contributed by atoms with Gasteiger partial charge in [0.15, 0.2) is 11.6 Å². The number of fused-ring (bicyclic) bond motifs is 1. The zero-order chi connectivity index (χ0) is 20.8. The number of sulfone groups is 1. The van der Waals surface area contributed by atoms with Gasteiger partial charge in [-0.05, 0) is 54.1 Å². The second kappa shape index (κ2) is 6.97. The number of aromatic nitrogens is 1. The Balaban J connectivity index is 2.09. The van der Waals surface area contributed by atoms with Crippen LogP contribution in [0.2, 0.25) is 0 Å². The van der Waals surface area contributed by atoms with Crippen LogP contribution in [0.1, 0.15) is 0 Å². The predicted molar refractivity (Wildman–Crippen MR) is 98.9 cm³/mol. The van der Waals surface area contributed by atoms with Gasteiger partial charge in [-0.3, -0.25) is 4.98 Å². The van der Waals surface area contributed by atoms with Gasteiger partial charge in [0.05, 0.1) is 15.3 Å². The number of nitrogens with zero attached hydrogens (tertiary/aromatic N) is 1. The smallest absolute Gasteiger partial charge is 0.208 e. The lowest BCUT2D eigenvalue weighted by Crippen LogP contribution is -2.07. The Morgan fingerprint density at radius 3 is 2.24 bits per heavy atom. The molecule has 0 fully saturated rings. The predicted octanol–water partition coefficient (Wildman–Crippen LogP) is 5.29. The Morgan fingerprint density at radius 1 is 0.759 bits per heavy atom. The van der Waals surface area contributed by atoms with E-state index in [-0.39, 0.29) is 26.9 Å². The highest BCUT2D eigenvalue weighted by molar-refractivity contribution is 7.91. The summed E-state index contributed by atoms with van der Waals surface area (Å²) in [5.74, 6) is -3.80. The van der Waals surface area contributed by atoms with Gasteiger partial charge >= 0.3 is 0 Å². The molecule has 0 saturated carbocycles. The van der Waals surface area contributed by atoms with E-state index >= 15 is 0 Å². The summed E-state index contributed by atoms with van der Waals surface area (Å²) in [5.41, 5.74) is 0.470. The number of pyridine rings is 1. The van der Waals surface area contributed by atoms with Crippen LogP contribution >= 0.6 is 0 Å². The molecule has 0 radical (unpaired) electrons. The average Bonchev–Trinajstić information content (AvgIpc) is 2.69. The third-order valence-corrected chi connectivity index (χ3v) is 6.16. The lowest BCUT2D eigenvalue weighted by atomic mass is 10.0. The summed E-state index contributed by atoms with van der Waals surface area (Å²) in [5, 5.41) is 0.138. The van der Waals surface area contributed by atoms with E-state index in [1.165, 1.54) is 24.3 Å². The van der Waals surface area contributed by atoms with E-state index in [4.69, 9.17) is 0 Å². The fourth-order valence-electron chi connectivity index (χ4n) is 3.06. The fourth-order valence-corrected chi connectivity index (χ4v) is 4.51.